The van der Waals surface area contributed by atoms with Crippen molar-refractivity contribution in [3.63, 3.8) is 0 Å². The van der Waals surface area contributed by atoms with Crippen molar-refractivity contribution < 1.29 is 0 Å². The van der Waals surface area contributed by atoms with Crippen LogP contribution in [0.15, 0.2) is 176 Å². The third-order valence-electron chi connectivity index (χ3n) is 13.0. The summed E-state index contributed by atoms with van der Waals surface area (Å²) in [5.74, 6) is 0. The van der Waals surface area contributed by atoms with E-state index in [2.05, 4.69) is 180 Å². The van der Waals surface area contributed by atoms with Crippen LogP contribution in [0.25, 0.3) is 123 Å². The molecular weight excluding hydrogens is 739 g/mol. The van der Waals surface area contributed by atoms with Gasteiger partial charge in [0.15, 0.2) is 0 Å². The van der Waals surface area contributed by atoms with Gasteiger partial charge in [-0.3, -0.25) is 0 Å². The topological polar surface area (TPSA) is 4.93 Å². The van der Waals surface area contributed by atoms with Gasteiger partial charge in [0.05, 0.1) is 11.0 Å². The first-order valence-corrected chi connectivity index (χ1v) is 21.7. The number of para-hydroxylation sites is 2. The van der Waals surface area contributed by atoms with Gasteiger partial charge in [-0.15, -0.1) is 22.7 Å². The highest BCUT2D eigenvalue weighted by Crippen LogP contribution is 2.57. The van der Waals surface area contributed by atoms with E-state index in [-0.39, 0.29) is 0 Å². The largest absolute Gasteiger partial charge is 0.309 e. The van der Waals surface area contributed by atoms with E-state index >= 15 is 0 Å². The monoisotopic (exact) mass is 769 g/mol. The van der Waals surface area contributed by atoms with Crippen LogP contribution in [-0.2, 0) is 6.42 Å². The quantitative estimate of drug-likeness (QED) is 0.157. The van der Waals surface area contributed by atoms with E-state index in [0.717, 1.165) is 6.42 Å². The van der Waals surface area contributed by atoms with Gasteiger partial charge < -0.3 is 4.57 Å². The van der Waals surface area contributed by atoms with Gasteiger partial charge in [0.1, 0.15) is 0 Å². The first-order chi connectivity index (χ1) is 28.8. The van der Waals surface area contributed by atoms with Crippen molar-refractivity contribution in [3.05, 3.63) is 187 Å². The molecule has 3 aromatic heterocycles. The molecule has 3 heterocycles. The Balaban J connectivity index is 1.24. The van der Waals surface area contributed by atoms with Gasteiger partial charge >= 0.3 is 0 Å². The zero-order valence-electron chi connectivity index (χ0n) is 31.2. The lowest BCUT2D eigenvalue weighted by Gasteiger charge is -2.26. The number of benzene rings is 9. The summed E-state index contributed by atoms with van der Waals surface area (Å²) in [6.45, 7) is 0. The SMILES string of the molecule is c1ccc(-n2c3ccccc3c3cc4c(cc32)-c2cc3c(cc2-c2c(ccc5sc6ccccc6c25)-c2ccc5sc6ccccc6c5c2-4)-c2ccccc2C3)cc1. The highest BCUT2D eigenvalue weighted by molar-refractivity contribution is 7.26. The smallest absolute Gasteiger partial charge is 0.0547 e. The van der Waals surface area contributed by atoms with Gasteiger partial charge in [0.2, 0.25) is 0 Å². The molecule has 0 unspecified atom stereocenters. The summed E-state index contributed by atoms with van der Waals surface area (Å²) in [6.07, 6.45) is 0.940. The molecule has 58 heavy (non-hydrogen) atoms. The molecule has 2 aliphatic rings. The standard InChI is InChI=1S/C55H31NS2/c1-2-13-33(14-3-1)56-46-19-9-6-16-35(46)43-29-45-42(30-47(43)56)41-27-32-26-31-12-4-5-15-34(31)40(32)28-44(41)52-36(22-24-50-54(52)38-17-7-10-20-48(38)57-50)37-23-25-51-55(53(37)45)39-18-8-11-21-49(39)58-51/h1-25,27-30H,26H2. The number of hydrogen-bond acceptors (Lipinski definition) is 2. The van der Waals surface area contributed by atoms with Gasteiger partial charge in [-0.1, -0.05) is 109 Å². The van der Waals surface area contributed by atoms with Crippen molar-refractivity contribution in [2.45, 2.75) is 6.42 Å². The molecule has 0 N–H and O–H groups in total. The fraction of sp³-hybridized carbons (Fsp3) is 0.0182. The average Bonchev–Trinajstić information content (AvgIpc) is 4.03. The molecule has 0 spiro atoms. The molecule has 0 atom stereocenters. The van der Waals surface area contributed by atoms with E-state index in [1.54, 1.807) is 0 Å². The Morgan fingerprint density at radius 2 is 0.914 bits per heavy atom. The highest BCUT2D eigenvalue weighted by Gasteiger charge is 2.31. The van der Waals surface area contributed by atoms with E-state index in [0.29, 0.717) is 0 Å². The fourth-order valence-corrected chi connectivity index (χ4v) is 12.8. The molecule has 14 rings (SSSR count). The number of rotatable bonds is 1. The molecule has 9 aromatic carbocycles. The van der Waals surface area contributed by atoms with Crippen molar-refractivity contribution in [3.8, 4) is 61.3 Å². The molecule has 0 saturated carbocycles. The van der Waals surface area contributed by atoms with Gasteiger partial charge in [-0.25, -0.2) is 0 Å². The number of hydrogen-bond donors (Lipinski definition) is 0. The molecule has 2 aliphatic carbocycles. The molecular formula is C55H31NS2. The van der Waals surface area contributed by atoms with Gasteiger partial charge in [-0.2, -0.15) is 0 Å². The van der Waals surface area contributed by atoms with Crippen LogP contribution in [0.2, 0.25) is 0 Å². The van der Waals surface area contributed by atoms with E-state index < -0.39 is 0 Å². The summed E-state index contributed by atoms with van der Waals surface area (Å²) >= 11 is 3.82. The van der Waals surface area contributed by atoms with E-state index in [4.69, 9.17) is 0 Å². The zero-order valence-corrected chi connectivity index (χ0v) is 32.8. The van der Waals surface area contributed by atoms with Crippen molar-refractivity contribution in [1.29, 1.82) is 0 Å². The normalized spacial score (nSPS) is 12.8. The lowest BCUT2D eigenvalue weighted by atomic mass is 9.77. The molecule has 0 saturated heterocycles. The van der Waals surface area contributed by atoms with Crippen molar-refractivity contribution >= 4 is 84.8 Å². The van der Waals surface area contributed by atoms with Crippen LogP contribution in [0.1, 0.15) is 11.1 Å². The summed E-state index contributed by atoms with van der Waals surface area (Å²) in [6, 6.07) is 66.8. The lowest BCUT2D eigenvalue weighted by molar-refractivity contribution is 1.18. The Morgan fingerprint density at radius 1 is 0.328 bits per heavy atom. The maximum absolute atomic E-state index is 2.57. The van der Waals surface area contributed by atoms with Gasteiger partial charge in [-0.05, 0) is 140 Å². The molecule has 0 bridgehead atoms. The third kappa shape index (κ3) is 4.09. The molecule has 0 radical (unpaired) electrons. The number of aromatic nitrogens is 1. The van der Waals surface area contributed by atoms with Crippen molar-refractivity contribution in [1.82, 2.24) is 4.57 Å². The van der Waals surface area contributed by atoms with E-state index in [1.165, 1.54) is 135 Å². The third-order valence-corrected chi connectivity index (χ3v) is 15.2. The minimum absolute atomic E-state index is 0.940. The van der Waals surface area contributed by atoms with Crippen LogP contribution in [0.3, 0.4) is 0 Å². The van der Waals surface area contributed by atoms with Crippen LogP contribution in [0.5, 0.6) is 0 Å². The van der Waals surface area contributed by atoms with Crippen LogP contribution < -0.4 is 0 Å². The fourth-order valence-electron chi connectivity index (χ4n) is 10.6. The second-order valence-corrected chi connectivity index (χ2v) is 18.1. The molecule has 3 heteroatoms. The Labute approximate surface area is 342 Å². The second-order valence-electron chi connectivity index (χ2n) is 15.9. The number of thiophene rings is 2. The lowest BCUT2D eigenvalue weighted by Crippen LogP contribution is -2.00. The van der Waals surface area contributed by atoms with Crippen LogP contribution in [0.4, 0.5) is 0 Å². The molecule has 1 nitrogen and oxygen atoms in total. The van der Waals surface area contributed by atoms with Gasteiger partial charge in [0, 0.05) is 56.8 Å². The Morgan fingerprint density at radius 3 is 1.64 bits per heavy atom. The Kier molecular flexibility index (Phi) is 6.17. The summed E-state index contributed by atoms with van der Waals surface area (Å²) in [4.78, 5) is 0. The van der Waals surface area contributed by atoms with Crippen LogP contribution >= 0.6 is 22.7 Å². The van der Waals surface area contributed by atoms with Crippen molar-refractivity contribution in [2.75, 3.05) is 0 Å². The van der Waals surface area contributed by atoms with E-state index in [1.807, 2.05) is 22.7 Å². The summed E-state index contributed by atoms with van der Waals surface area (Å²) in [5, 5.41) is 7.90. The molecule has 0 aliphatic heterocycles. The van der Waals surface area contributed by atoms with E-state index in [9.17, 15) is 0 Å². The van der Waals surface area contributed by atoms with Crippen LogP contribution in [-0.4, -0.2) is 4.57 Å². The second kappa shape index (κ2) is 11.4. The first-order valence-electron chi connectivity index (χ1n) is 20.0. The molecule has 268 valence electrons. The van der Waals surface area contributed by atoms with Crippen LogP contribution in [0, 0.1) is 0 Å². The van der Waals surface area contributed by atoms with Gasteiger partial charge in [0.25, 0.3) is 0 Å². The maximum atomic E-state index is 2.57. The Hall–Kier alpha value is -6.78. The molecule has 0 amide bonds. The van der Waals surface area contributed by atoms with Crippen molar-refractivity contribution in [2.24, 2.45) is 0 Å². The predicted octanol–water partition coefficient (Wildman–Crippen LogP) is 16.1. The first kappa shape index (κ1) is 31.3. The average molecular weight is 770 g/mol. The minimum Gasteiger partial charge on any atom is -0.309 e. The maximum Gasteiger partial charge on any atom is 0.0547 e. The predicted molar refractivity (Wildman–Crippen MR) is 250 cm³/mol. The molecule has 12 aromatic rings. The Bertz CT molecular complexity index is 3760. The highest BCUT2D eigenvalue weighted by atomic mass is 32.1. The minimum atomic E-state index is 0.940. The molecule has 0 fully saturated rings. The summed E-state index contributed by atoms with van der Waals surface area (Å²) in [7, 11) is 0. The summed E-state index contributed by atoms with van der Waals surface area (Å²) in [5.41, 5.74) is 19.6. The number of nitrogens with zero attached hydrogens (tertiary/aromatic N) is 1. The zero-order chi connectivity index (χ0) is 37.6. The number of fused-ring (bicyclic) bond motifs is 22. The summed E-state index contributed by atoms with van der Waals surface area (Å²) < 4.78 is 7.79.